The van der Waals surface area contributed by atoms with Crippen LogP contribution in [0.5, 0.6) is 0 Å². The Morgan fingerprint density at radius 2 is 2.07 bits per heavy atom. The molecule has 0 aliphatic carbocycles. The number of hydrogen-bond donors (Lipinski definition) is 2. The van der Waals surface area contributed by atoms with Crippen LogP contribution in [-0.4, -0.2) is 30.5 Å². The lowest BCUT2D eigenvalue weighted by atomic mass is 10.0. The molecule has 0 saturated heterocycles. The predicted molar refractivity (Wildman–Crippen MR) is 127 cm³/mol. The summed E-state index contributed by atoms with van der Waals surface area (Å²) >= 11 is 8.27. The van der Waals surface area contributed by atoms with Crippen molar-refractivity contribution in [3.05, 3.63) is 57.9 Å². The van der Waals surface area contributed by atoms with Gasteiger partial charge in [-0.2, -0.15) is 0 Å². The van der Waals surface area contributed by atoms with Crippen LogP contribution in [0.3, 0.4) is 0 Å². The number of fused-ring (bicyclic) bond motifs is 1. The fourth-order valence-corrected chi connectivity index (χ4v) is 5.27. The van der Waals surface area contributed by atoms with Gasteiger partial charge in [0, 0.05) is 23.4 Å². The summed E-state index contributed by atoms with van der Waals surface area (Å²) in [6.45, 7) is 7.09. The number of rotatable bonds is 9. The van der Waals surface area contributed by atoms with Crippen molar-refractivity contribution in [3.8, 4) is 0 Å². The van der Waals surface area contributed by atoms with Gasteiger partial charge in [0.25, 0.3) is 5.91 Å². The van der Waals surface area contributed by atoms with Gasteiger partial charge < -0.3 is 10.6 Å². The highest BCUT2D eigenvalue weighted by atomic mass is 35.5. The average Bonchev–Trinajstić information content (AvgIpc) is 3.02. The Morgan fingerprint density at radius 1 is 1.23 bits per heavy atom. The normalized spacial score (nSPS) is 14.6. The van der Waals surface area contributed by atoms with Crippen molar-refractivity contribution in [2.45, 2.75) is 56.6 Å². The Morgan fingerprint density at radius 3 is 2.80 bits per heavy atom. The average molecular weight is 446 g/mol. The molecule has 3 rings (SSSR count). The van der Waals surface area contributed by atoms with Crippen molar-refractivity contribution in [1.82, 2.24) is 15.6 Å². The minimum absolute atomic E-state index is 0.0415. The van der Waals surface area contributed by atoms with Gasteiger partial charge in [-0.15, -0.1) is 11.8 Å². The summed E-state index contributed by atoms with van der Waals surface area (Å²) in [7, 11) is 0. The smallest absolute Gasteiger partial charge is 0.252 e. The number of carbonyl (C=O) groups is 1. The third kappa shape index (κ3) is 6.22. The van der Waals surface area contributed by atoms with Crippen molar-refractivity contribution in [2.24, 2.45) is 5.92 Å². The molecule has 1 aromatic heterocycles. The van der Waals surface area contributed by atoms with Crippen LogP contribution >= 0.6 is 23.4 Å². The molecule has 1 aliphatic heterocycles. The fourth-order valence-electron chi connectivity index (χ4n) is 3.85. The highest BCUT2D eigenvalue weighted by Crippen LogP contribution is 2.35. The topological polar surface area (TPSA) is 54.0 Å². The molecule has 30 heavy (non-hydrogen) atoms. The second kappa shape index (κ2) is 11.7. The first-order chi connectivity index (χ1) is 14.6. The van der Waals surface area contributed by atoms with E-state index in [0.29, 0.717) is 11.5 Å². The van der Waals surface area contributed by atoms with E-state index in [9.17, 15) is 4.79 Å². The highest BCUT2D eigenvalue weighted by molar-refractivity contribution is 7.98. The lowest BCUT2D eigenvalue weighted by Crippen LogP contribution is -2.29. The second-order valence-corrected chi connectivity index (χ2v) is 9.26. The number of aromatic nitrogens is 1. The maximum absolute atomic E-state index is 12.4. The van der Waals surface area contributed by atoms with E-state index in [1.165, 1.54) is 16.0 Å². The largest absolute Gasteiger partial charge is 0.352 e. The van der Waals surface area contributed by atoms with Crippen LogP contribution in [0.4, 0.5) is 0 Å². The Kier molecular flexibility index (Phi) is 9.04. The van der Waals surface area contributed by atoms with Crippen LogP contribution in [0.15, 0.2) is 35.4 Å². The molecule has 1 amide bonds. The van der Waals surface area contributed by atoms with Gasteiger partial charge in [-0.1, -0.05) is 44.4 Å². The van der Waals surface area contributed by atoms with Gasteiger partial charge in [-0.25, -0.2) is 0 Å². The van der Waals surface area contributed by atoms with Crippen LogP contribution in [0.2, 0.25) is 5.02 Å². The Balaban J connectivity index is 1.60. The molecule has 6 heteroatoms. The standard InChI is InChI=1S/C24H32ClN3OS/c1-3-5-17(4-2)14-28-24(29)19-6-8-20(27-15-19)16-30-23-21-11-13-26-12-10-18(21)7-9-22(23)25/h6-9,15,17,26H,3-5,10-14,16H2,1-2H3,(H,28,29). The molecule has 0 bridgehead atoms. The summed E-state index contributed by atoms with van der Waals surface area (Å²) in [5.74, 6) is 1.24. The first kappa shape index (κ1) is 23.1. The summed E-state index contributed by atoms with van der Waals surface area (Å²) in [6, 6.07) is 7.99. The molecule has 1 aliphatic rings. The van der Waals surface area contributed by atoms with Gasteiger partial charge in [0.1, 0.15) is 0 Å². The first-order valence-electron chi connectivity index (χ1n) is 11.0. The Labute approximate surface area is 189 Å². The van der Waals surface area contributed by atoms with Gasteiger partial charge in [0.2, 0.25) is 0 Å². The molecule has 1 atom stereocenters. The van der Waals surface area contributed by atoms with Gasteiger partial charge in [-0.05, 0) is 67.6 Å². The zero-order chi connectivity index (χ0) is 21.3. The molecule has 2 heterocycles. The third-order valence-corrected chi connectivity index (χ3v) is 7.33. The molecule has 4 nitrogen and oxygen atoms in total. The molecule has 162 valence electrons. The summed E-state index contributed by atoms with van der Waals surface area (Å²) in [5.41, 5.74) is 4.33. The maximum atomic E-state index is 12.4. The molecule has 0 fully saturated rings. The molecule has 0 spiro atoms. The monoisotopic (exact) mass is 445 g/mol. The van der Waals surface area contributed by atoms with Crippen molar-refractivity contribution in [3.63, 3.8) is 0 Å². The summed E-state index contributed by atoms with van der Waals surface area (Å²) in [4.78, 5) is 18.1. The molecule has 1 unspecified atom stereocenters. The Bertz CT molecular complexity index is 841. The van der Waals surface area contributed by atoms with Crippen LogP contribution in [0.25, 0.3) is 0 Å². The zero-order valence-electron chi connectivity index (χ0n) is 18.0. The molecular weight excluding hydrogens is 414 g/mol. The number of amides is 1. The lowest BCUT2D eigenvalue weighted by Gasteiger charge is -2.15. The molecule has 0 saturated carbocycles. The summed E-state index contributed by atoms with van der Waals surface area (Å²) in [5, 5.41) is 7.32. The van der Waals surface area contributed by atoms with E-state index in [0.717, 1.165) is 68.2 Å². The summed E-state index contributed by atoms with van der Waals surface area (Å²) in [6.07, 6.45) is 7.11. The van der Waals surface area contributed by atoms with E-state index in [-0.39, 0.29) is 5.91 Å². The number of thioether (sulfide) groups is 1. The second-order valence-electron chi connectivity index (χ2n) is 7.86. The Hall–Kier alpha value is -1.56. The van der Waals surface area contributed by atoms with Crippen molar-refractivity contribution >= 4 is 29.3 Å². The number of nitrogens with zero attached hydrogens (tertiary/aromatic N) is 1. The predicted octanol–water partition coefficient (Wildman–Crippen LogP) is 5.27. The molecule has 0 radical (unpaired) electrons. The van der Waals surface area contributed by atoms with E-state index >= 15 is 0 Å². The highest BCUT2D eigenvalue weighted by Gasteiger charge is 2.16. The SMILES string of the molecule is CCCC(CC)CNC(=O)c1ccc(CSc2c(Cl)ccc3c2CCNCC3)nc1. The quantitative estimate of drug-likeness (QED) is 0.516. The maximum Gasteiger partial charge on any atom is 0.252 e. The third-order valence-electron chi connectivity index (χ3n) is 5.71. The molecule has 1 aromatic carbocycles. The van der Waals surface area contributed by atoms with Gasteiger partial charge in [0.15, 0.2) is 0 Å². The lowest BCUT2D eigenvalue weighted by molar-refractivity contribution is 0.0945. The molecule has 2 aromatic rings. The summed E-state index contributed by atoms with van der Waals surface area (Å²) < 4.78 is 0. The van der Waals surface area contributed by atoms with E-state index < -0.39 is 0 Å². The van der Waals surface area contributed by atoms with E-state index in [1.54, 1.807) is 18.0 Å². The van der Waals surface area contributed by atoms with Gasteiger partial charge in [-0.3, -0.25) is 9.78 Å². The number of nitrogens with one attached hydrogen (secondary N) is 2. The van der Waals surface area contributed by atoms with E-state index in [2.05, 4.69) is 35.5 Å². The van der Waals surface area contributed by atoms with E-state index in [4.69, 9.17) is 11.6 Å². The minimum atomic E-state index is -0.0415. The zero-order valence-corrected chi connectivity index (χ0v) is 19.5. The van der Waals surface area contributed by atoms with Crippen LogP contribution in [0.1, 0.15) is 60.3 Å². The first-order valence-corrected chi connectivity index (χ1v) is 12.4. The fraction of sp³-hybridized carbons (Fsp3) is 0.500. The van der Waals surface area contributed by atoms with Crippen molar-refractivity contribution in [1.29, 1.82) is 0 Å². The van der Waals surface area contributed by atoms with Crippen LogP contribution in [0, 0.1) is 5.92 Å². The van der Waals surface area contributed by atoms with Crippen LogP contribution in [-0.2, 0) is 18.6 Å². The van der Waals surface area contributed by atoms with E-state index in [1.807, 2.05) is 18.2 Å². The number of hydrogen-bond acceptors (Lipinski definition) is 4. The minimum Gasteiger partial charge on any atom is -0.352 e. The number of halogens is 1. The number of carbonyl (C=O) groups excluding carboxylic acids is 1. The van der Waals surface area contributed by atoms with Crippen molar-refractivity contribution < 1.29 is 4.79 Å². The molecule has 2 N–H and O–H groups in total. The van der Waals surface area contributed by atoms with Crippen LogP contribution < -0.4 is 10.6 Å². The van der Waals surface area contributed by atoms with Gasteiger partial charge >= 0.3 is 0 Å². The number of benzene rings is 1. The molecular formula is C24H32ClN3OS. The van der Waals surface area contributed by atoms with Gasteiger partial charge in [0.05, 0.1) is 16.3 Å². The van der Waals surface area contributed by atoms with Crippen molar-refractivity contribution in [2.75, 3.05) is 19.6 Å². The number of pyridine rings is 1.